The van der Waals surface area contributed by atoms with Gasteiger partial charge in [0.15, 0.2) is 11.6 Å². The van der Waals surface area contributed by atoms with Crippen molar-refractivity contribution in [2.24, 2.45) is 0 Å². The number of fused-ring (bicyclic) bond motifs is 4. The van der Waals surface area contributed by atoms with E-state index in [9.17, 15) is 0 Å². The Hall–Kier alpha value is -7.80. The molecule has 18 heteroatoms. The molecule has 0 radical (unpaired) electrons. The quantitative estimate of drug-likeness (QED) is 0.134. The van der Waals surface area contributed by atoms with Gasteiger partial charge < -0.3 is 39.0 Å². The maximum absolute atomic E-state index is 5.51. The summed E-state index contributed by atoms with van der Waals surface area (Å²) in [5, 5.41) is 17.5. The summed E-state index contributed by atoms with van der Waals surface area (Å²) in [5.74, 6) is 1.46. The average molecular weight is 893 g/mol. The van der Waals surface area contributed by atoms with Gasteiger partial charge in [-0.25, -0.2) is 9.97 Å². The smallest absolute Gasteiger partial charge is 0.159 e. The van der Waals surface area contributed by atoms with E-state index >= 15 is 0 Å². The van der Waals surface area contributed by atoms with Gasteiger partial charge in [-0.1, -0.05) is 18.2 Å². The predicted octanol–water partition coefficient (Wildman–Crippen LogP) is 6.55. The number of aromatic nitrogens is 12. The minimum absolute atomic E-state index is 0.717. The molecule has 3 saturated heterocycles. The van der Waals surface area contributed by atoms with Crippen molar-refractivity contribution < 1.29 is 9.47 Å². The first-order valence-corrected chi connectivity index (χ1v) is 22.7. The van der Waals surface area contributed by atoms with Gasteiger partial charge in [0.1, 0.15) is 22.4 Å². The van der Waals surface area contributed by atoms with Gasteiger partial charge in [0.2, 0.25) is 0 Å². The van der Waals surface area contributed by atoms with Crippen LogP contribution in [0.1, 0.15) is 0 Å². The Kier molecular flexibility index (Phi) is 10.7. The molecule has 11 heterocycles. The molecule has 0 amide bonds. The second kappa shape index (κ2) is 17.5. The Morgan fingerprint density at radius 3 is 1.60 bits per heavy atom. The molecule has 18 nitrogen and oxygen atoms in total. The molecular weight excluding hydrogens is 845 g/mol. The number of likely N-dealkylation sites (N-methyl/N-ethyl adjacent to an activating group) is 1. The van der Waals surface area contributed by atoms with E-state index in [1.165, 1.54) is 0 Å². The summed E-state index contributed by atoms with van der Waals surface area (Å²) in [6.07, 6.45) is 14.9. The number of benzene rings is 2. The zero-order valence-corrected chi connectivity index (χ0v) is 37.0. The Balaban J connectivity index is 0.000000143. The molecule has 0 spiro atoms. The van der Waals surface area contributed by atoms with E-state index in [1.807, 2.05) is 55.5 Å². The highest BCUT2D eigenvalue weighted by molar-refractivity contribution is 5.99. The van der Waals surface area contributed by atoms with Crippen LogP contribution in [-0.4, -0.2) is 151 Å². The molecule has 2 aromatic carbocycles. The molecule has 13 rings (SSSR count). The minimum atomic E-state index is 0.717. The minimum Gasteiger partial charge on any atom is -0.378 e. The topological polar surface area (TPSA) is 198 Å². The van der Waals surface area contributed by atoms with Crippen molar-refractivity contribution in [3.8, 4) is 45.3 Å². The fourth-order valence-corrected chi connectivity index (χ4v) is 9.24. The first kappa shape index (κ1) is 40.7. The molecule has 0 unspecified atom stereocenters. The largest absolute Gasteiger partial charge is 0.378 e. The van der Waals surface area contributed by atoms with E-state index in [0.717, 1.165) is 185 Å². The van der Waals surface area contributed by atoms with Crippen molar-refractivity contribution >= 4 is 60.9 Å². The zero-order valence-electron chi connectivity index (χ0n) is 37.0. The van der Waals surface area contributed by atoms with Gasteiger partial charge in [0.25, 0.3) is 0 Å². The van der Waals surface area contributed by atoms with Crippen LogP contribution in [0.3, 0.4) is 0 Å². The Morgan fingerprint density at radius 1 is 0.478 bits per heavy atom. The molecule has 0 saturated carbocycles. The van der Waals surface area contributed by atoms with Crippen LogP contribution >= 0.6 is 0 Å². The summed E-state index contributed by atoms with van der Waals surface area (Å²) in [7, 11) is 2.16. The Labute approximate surface area is 384 Å². The Bertz CT molecular complexity index is 3340. The number of H-pyrrole nitrogens is 4. The van der Waals surface area contributed by atoms with Crippen LogP contribution in [0.2, 0.25) is 0 Å². The summed E-state index contributed by atoms with van der Waals surface area (Å²) >= 11 is 0. The van der Waals surface area contributed by atoms with Crippen molar-refractivity contribution in [1.29, 1.82) is 0 Å². The van der Waals surface area contributed by atoms with Gasteiger partial charge in [-0.15, -0.1) is 0 Å². The summed E-state index contributed by atoms with van der Waals surface area (Å²) in [6.45, 7) is 10.4. The standard InChI is InChI=1S/C27H29N9O.C22H19N7O/c1-34-4-6-36(7-5-34)24-17-29-16-23-26(24)31-27(30-23)25-21-13-18(2-3-22(21)32-33-25)19-12-20(15-28-14-19)35-8-10-37-11-9-35;1-2-15(11-23-5-1)14-3-4-17-16(10-14)20(28-27-17)22-25-18-12-24-13-19(21(18)26-22)29-6-8-30-9-7-29/h2-3,12-17H,4-11H2,1H3,(H,30,31)(H,32,33);1-5,10-13H,6-9H2,(H,25,26)(H,27,28). The molecule has 3 fully saturated rings. The molecule has 3 aliphatic heterocycles. The lowest BCUT2D eigenvalue weighted by molar-refractivity contribution is 0.122. The molecule has 10 aromatic rings. The molecule has 0 bridgehead atoms. The number of nitrogens with one attached hydrogen (secondary N) is 4. The predicted molar refractivity (Wildman–Crippen MR) is 260 cm³/mol. The number of morpholine rings is 2. The number of nitrogens with zero attached hydrogens (tertiary/aromatic N) is 12. The third kappa shape index (κ3) is 7.94. The maximum atomic E-state index is 5.51. The molecule has 3 aliphatic rings. The number of imidazole rings is 2. The molecule has 336 valence electrons. The third-order valence-corrected chi connectivity index (χ3v) is 12.9. The van der Waals surface area contributed by atoms with E-state index < -0.39 is 0 Å². The van der Waals surface area contributed by atoms with Gasteiger partial charge >= 0.3 is 0 Å². The number of piperazine rings is 1. The van der Waals surface area contributed by atoms with Gasteiger partial charge in [-0.05, 0) is 54.6 Å². The second-order valence-electron chi connectivity index (χ2n) is 17.1. The number of ether oxygens (including phenoxy) is 2. The van der Waals surface area contributed by atoms with Crippen molar-refractivity contribution in [3.05, 3.63) is 104 Å². The SMILES string of the molecule is CN1CCN(c2cncc3[nH]c(-c4n[nH]c5ccc(-c6cncc(N7CCOCC7)c6)cc45)nc23)CC1.c1cncc(-c2ccc3[nH]nc(-c4nc5c(N6CCOCC6)cncc5[nH]4)c3c2)c1. The number of anilines is 3. The van der Waals surface area contributed by atoms with Crippen LogP contribution in [0.5, 0.6) is 0 Å². The number of pyridine rings is 4. The molecule has 0 aliphatic carbocycles. The number of hydrogen-bond donors (Lipinski definition) is 4. The normalized spacial score (nSPS) is 16.0. The van der Waals surface area contributed by atoms with Crippen LogP contribution < -0.4 is 14.7 Å². The Morgan fingerprint density at radius 2 is 1.01 bits per heavy atom. The third-order valence-electron chi connectivity index (χ3n) is 12.9. The van der Waals surface area contributed by atoms with E-state index in [0.29, 0.717) is 0 Å². The van der Waals surface area contributed by atoms with Crippen LogP contribution in [0.4, 0.5) is 17.1 Å². The van der Waals surface area contributed by atoms with Crippen molar-refractivity contribution in [2.75, 3.05) is 101 Å². The molecular formula is C49H48N16O2. The van der Waals surface area contributed by atoms with Gasteiger partial charge in [0, 0.05) is 92.8 Å². The molecule has 4 N–H and O–H groups in total. The van der Waals surface area contributed by atoms with E-state index in [-0.39, 0.29) is 0 Å². The van der Waals surface area contributed by atoms with Crippen LogP contribution in [0.25, 0.3) is 89.2 Å². The molecule has 8 aromatic heterocycles. The highest BCUT2D eigenvalue weighted by atomic mass is 16.5. The van der Waals surface area contributed by atoms with Crippen molar-refractivity contribution in [1.82, 2.24) is 65.2 Å². The van der Waals surface area contributed by atoms with E-state index in [2.05, 4.69) is 119 Å². The van der Waals surface area contributed by atoms with Crippen molar-refractivity contribution in [2.45, 2.75) is 0 Å². The van der Waals surface area contributed by atoms with Gasteiger partial charge in [-0.3, -0.25) is 30.1 Å². The monoisotopic (exact) mass is 892 g/mol. The van der Waals surface area contributed by atoms with Gasteiger partial charge in [0.05, 0.1) is 96.5 Å². The van der Waals surface area contributed by atoms with E-state index in [4.69, 9.17) is 19.4 Å². The van der Waals surface area contributed by atoms with Crippen LogP contribution in [0.15, 0.2) is 104 Å². The molecule has 67 heavy (non-hydrogen) atoms. The number of rotatable bonds is 7. The van der Waals surface area contributed by atoms with Crippen LogP contribution in [-0.2, 0) is 9.47 Å². The fraction of sp³-hybridized carbons (Fsp3) is 0.265. The second-order valence-corrected chi connectivity index (χ2v) is 17.1. The molecule has 0 atom stereocenters. The lowest BCUT2D eigenvalue weighted by Gasteiger charge is -2.33. The van der Waals surface area contributed by atoms with E-state index in [1.54, 1.807) is 6.20 Å². The first-order valence-electron chi connectivity index (χ1n) is 22.7. The van der Waals surface area contributed by atoms with Crippen LogP contribution in [0, 0.1) is 0 Å². The van der Waals surface area contributed by atoms with Crippen molar-refractivity contribution in [3.63, 3.8) is 0 Å². The van der Waals surface area contributed by atoms with Gasteiger partial charge in [-0.2, -0.15) is 10.2 Å². The maximum Gasteiger partial charge on any atom is 0.159 e. The highest BCUT2D eigenvalue weighted by Gasteiger charge is 2.22. The first-order chi connectivity index (χ1) is 33.1. The zero-order chi connectivity index (χ0) is 44.7. The number of aromatic amines is 4. The fourth-order valence-electron chi connectivity index (χ4n) is 9.24. The average Bonchev–Trinajstić information content (AvgIpc) is 4.22. The lowest BCUT2D eigenvalue weighted by Crippen LogP contribution is -2.44. The summed E-state index contributed by atoms with van der Waals surface area (Å²) in [6, 6.07) is 18.8. The summed E-state index contributed by atoms with van der Waals surface area (Å²) in [4.78, 5) is 43.8. The summed E-state index contributed by atoms with van der Waals surface area (Å²) < 4.78 is 11.0. The number of hydrogen-bond acceptors (Lipinski definition) is 14. The summed E-state index contributed by atoms with van der Waals surface area (Å²) in [5.41, 5.74) is 14.7. The lowest BCUT2D eigenvalue weighted by atomic mass is 10.0. The highest BCUT2D eigenvalue weighted by Crippen LogP contribution is 2.35.